The van der Waals surface area contributed by atoms with Crippen molar-refractivity contribution in [2.75, 3.05) is 5.32 Å². The summed E-state index contributed by atoms with van der Waals surface area (Å²) in [6, 6.07) is 19.4. The molecule has 0 spiro atoms. The summed E-state index contributed by atoms with van der Waals surface area (Å²) in [6.07, 6.45) is 0.997. The van der Waals surface area contributed by atoms with Crippen molar-refractivity contribution in [2.24, 2.45) is 12.0 Å². The van der Waals surface area contributed by atoms with Gasteiger partial charge in [-0.15, -0.1) is 0 Å². The van der Waals surface area contributed by atoms with E-state index in [2.05, 4.69) is 20.7 Å². The van der Waals surface area contributed by atoms with E-state index in [-0.39, 0.29) is 17.4 Å². The van der Waals surface area contributed by atoms with E-state index in [0.717, 1.165) is 17.3 Å². The van der Waals surface area contributed by atoms with Gasteiger partial charge in [-0.05, 0) is 25.1 Å². The molecular formula is C31H26FN7O3. The lowest BCUT2D eigenvalue weighted by Crippen LogP contribution is -2.42. The molecule has 0 saturated heterocycles. The molecule has 0 radical (unpaired) electrons. The highest BCUT2D eigenvalue weighted by atomic mass is 19.1. The molecule has 0 aliphatic carbocycles. The molecule has 0 unspecified atom stereocenters. The Bertz CT molecular complexity index is 1910. The SMILES string of the molecule is C[C@@H]1CCn2nc(-c3ccc4c(cnn4C)c3)c(C(=O)N[C@H]3N=C(c4ccccc4)c4cccc(F)c4NC3=O)c2O1. The van der Waals surface area contributed by atoms with Crippen molar-refractivity contribution < 1.29 is 18.7 Å². The molecule has 10 nitrogen and oxygen atoms in total. The number of carbonyl (C=O) groups excluding carboxylic acids is 2. The maximum Gasteiger partial charge on any atom is 0.269 e. The first-order chi connectivity index (χ1) is 20.4. The number of aliphatic imine (C=N–C) groups is 1. The number of para-hydroxylation sites is 1. The van der Waals surface area contributed by atoms with Crippen LogP contribution in [-0.2, 0) is 18.4 Å². The van der Waals surface area contributed by atoms with Crippen molar-refractivity contribution in [3.63, 3.8) is 0 Å². The highest BCUT2D eigenvalue weighted by Crippen LogP contribution is 2.35. The molecule has 2 aliphatic rings. The van der Waals surface area contributed by atoms with Gasteiger partial charge in [0, 0.05) is 42.1 Å². The van der Waals surface area contributed by atoms with E-state index in [1.807, 2.05) is 62.5 Å². The maximum atomic E-state index is 14.9. The van der Waals surface area contributed by atoms with Gasteiger partial charge in [-0.3, -0.25) is 14.3 Å². The van der Waals surface area contributed by atoms with Gasteiger partial charge in [0.1, 0.15) is 17.1 Å². The van der Waals surface area contributed by atoms with Crippen molar-refractivity contribution in [3.8, 4) is 17.1 Å². The molecule has 11 heteroatoms. The lowest BCUT2D eigenvalue weighted by Gasteiger charge is -2.22. The predicted molar refractivity (Wildman–Crippen MR) is 155 cm³/mol. The van der Waals surface area contributed by atoms with Crippen molar-refractivity contribution in [3.05, 3.63) is 95.4 Å². The molecule has 7 rings (SSSR count). The molecule has 2 aromatic heterocycles. The second-order valence-corrected chi connectivity index (χ2v) is 10.4. The Morgan fingerprint density at radius 3 is 2.76 bits per heavy atom. The predicted octanol–water partition coefficient (Wildman–Crippen LogP) is 4.29. The summed E-state index contributed by atoms with van der Waals surface area (Å²) in [7, 11) is 1.86. The number of aryl methyl sites for hydroxylation is 2. The van der Waals surface area contributed by atoms with Crippen molar-refractivity contribution in [1.82, 2.24) is 24.9 Å². The van der Waals surface area contributed by atoms with Crippen LogP contribution in [0.1, 0.15) is 34.8 Å². The topological polar surface area (TPSA) is 115 Å². The van der Waals surface area contributed by atoms with Gasteiger partial charge in [-0.2, -0.15) is 10.2 Å². The van der Waals surface area contributed by atoms with Crippen LogP contribution in [0, 0.1) is 5.82 Å². The summed E-state index contributed by atoms with van der Waals surface area (Å²) in [5.41, 5.74) is 3.71. The molecule has 5 aromatic rings. The first-order valence-electron chi connectivity index (χ1n) is 13.6. The minimum absolute atomic E-state index is 0.00684. The van der Waals surface area contributed by atoms with E-state index < -0.39 is 23.8 Å². The number of hydrogen-bond donors (Lipinski definition) is 2. The standard InChI is InChI=1S/C31H26FN7O3/c1-17-13-14-39-31(42-17)24(26(37-39)19-11-12-23-20(15-19)16-33-38(23)2)29(40)36-28-30(41)35-27-21(9-6-10-22(27)32)25(34-28)18-7-4-3-5-8-18/h3-12,15-17,28H,13-14H2,1-2H3,(H,35,41)(H,36,40)/t17-,28-/m1/s1. The molecule has 4 heterocycles. The average Bonchev–Trinajstić information content (AvgIpc) is 3.52. The Labute approximate surface area is 239 Å². The number of amides is 2. The Kier molecular flexibility index (Phi) is 6.07. The second kappa shape index (κ2) is 9.95. The number of anilines is 1. The van der Waals surface area contributed by atoms with E-state index in [9.17, 15) is 14.0 Å². The number of benzodiazepines with no additional fused rings is 1. The molecule has 0 bridgehead atoms. The summed E-state index contributed by atoms with van der Waals surface area (Å²) in [4.78, 5) is 32.1. The second-order valence-electron chi connectivity index (χ2n) is 10.4. The molecule has 210 valence electrons. The Morgan fingerprint density at radius 1 is 1.10 bits per heavy atom. The number of benzene rings is 3. The van der Waals surface area contributed by atoms with E-state index >= 15 is 0 Å². The Hall–Kier alpha value is -5.32. The zero-order valence-electron chi connectivity index (χ0n) is 22.8. The summed E-state index contributed by atoms with van der Waals surface area (Å²) in [6.45, 7) is 2.50. The van der Waals surface area contributed by atoms with Gasteiger partial charge < -0.3 is 15.4 Å². The third-order valence-electron chi connectivity index (χ3n) is 7.55. The third-order valence-corrected chi connectivity index (χ3v) is 7.55. The normalized spacial score (nSPS) is 17.9. The van der Waals surface area contributed by atoms with Crippen molar-refractivity contribution >= 4 is 34.1 Å². The first-order valence-corrected chi connectivity index (χ1v) is 13.6. The number of ether oxygens (including phenoxy) is 1. The van der Waals surface area contributed by atoms with Crippen LogP contribution in [0.3, 0.4) is 0 Å². The van der Waals surface area contributed by atoms with Gasteiger partial charge in [-0.25, -0.2) is 14.1 Å². The van der Waals surface area contributed by atoms with Crippen LogP contribution in [0.25, 0.3) is 22.2 Å². The van der Waals surface area contributed by atoms with Crippen LogP contribution in [0.15, 0.2) is 77.9 Å². The zero-order chi connectivity index (χ0) is 29.0. The van der Waals surface area contributed by atoms with Gasteiger partial charge in [0.15, 0.2) is 0 Å². The number of carbonyl (C=O) groups is 2. The summed E-state index contributed by atoms with van der Waals surface area (Å²) >= 11 is 0. The minimum Gasteiger partial charge on any atom is -0.474 e. The van der Waals surface area contributed by atoms with E-state index in [1.54, 1.807) is 27.7 Å². The maximum absolute atomic E-state index is 14.9. The number of nitrogens with one attached hydrogen (secondary N) is 2. The molecule has 3 aromatic carbocycles. The fraction of sp³-hybridized carbons (Fsp3) is 0.194. The lowest BCUT2D eigenvalue weighted by atomic mass is 10.0. The largest absolute Gasteiger partial charge is 0.474 e. The highest BCUT2D eigenvalue weighted by Gasteiger charge is 2.34. The van der Waals surface area contributed by atoms with E-state index in [4.69, 9.17) is 9.84 Å². The first kappa shape index (κ1) is 25.6. The number of rotatable bonds is 4. The molecule has 2 atom stereocenters. The lowest BCUT2D eigenvalue weighted by molar-refractivity contribution is -0.117. The van der Waals surface area contributed by atoms with Gasteiger partial charge in [-0.1, -0.05) is 48.5 Å². The van der Waals surface area contributed by atoms with Crippen molar-refractivity contribution in [1.29, 1.82) is 0 Å². The third kappa shape index (κ3) is 4.30. The summed E-state index contributed by atoms with van der Waals surface area (Å²) in [5.74, 6) is -1.54. The molecule has 0 saturated carbocycles. The molecule has 2 N–H and O–H groups in total. The molecule has 2 aliphatic heterocycles. The average molecular weight is 564 g/mol. The van der Waals surface area contributed by atoms with Gasteiger partial charge in [0.2, 0.25) is 12.0 Å². The molecule has 2 amide bonds. The van der Waals surface area contributed by atoms with E-state index in [1.165, 1.54) is 6.07 Å². The fourth-order valence-electron chi connectivity index (χ4n) is 5.41. The summed E-state index contributed by atoms with van der Waals surface area (Å²) < 4.78 is 24.5. The number of aromatic nitrogens is 4. The van der Waals surface area contributed by atoms with Crippen LogP contribution in [0.4, 0.5) is 10.1 Å². The fourth-order valence-corrected chi connectivity index (χ4v) is 5.41. The smallest absolute Gasteiger partial charge is 0.269 e. The number of hydrogen-bond acceptors (Lipinski definition) is 6. The van der Waals surface area contributed by atoms with Crippen LogP contribution in [0.5, 0.6) is 5.88 Å². The Morgan fingerprint density at radius 2 is 1.93 bits per heavy atom. The highest BCUT2D eigenvalue weighted by molar-refractivity contribution is 6.20. The van der Waals surface area contributed by atoms with E-state index in [0.29, 0.717) is 40.5 Å². The molecule has 42 heavy (non-hydrogen) atoms. The summed E-state index contributed by atoms with van der Waals surface area (Å²) in [5, 5.41) is 15.3. The number of fused-ring (bicyclic) bond motifs is 3. The number of nitrogens with zero attached hydrogens (tertiary/aromatic N) is 5. The van der Waals surface area contributed by atoms with Crippen LogP contribution >= 0.6 is 0 Å². The van der Waals surface area contributed by atoms with Gasteiger partial charge >= 0.3 is 0 Å². The molecular weight excluding hydrogens is 537 g/mol. The van der Waals surface area contributed by atoms with Gasteiger partial charge in [0.05, 0.1) is 29.2 Å². The van der Waals surface area contributed by atoms with Crippen LogP contribution < -0.4 is 15.4 Å². The monoisotopic (exact) mass is 563 g/mol. The molecule has 0 fully saturated rings. The Balaban J connectivity index is 1.32. The van der Waals surface area contributed by atoms with Crippen LogP contribution in [0.2, 0.25) is 0 Å². The minimum atomic E-state index is -1.36. The van der Waals surface area contributed by atoms with Gasteiger partial charge in [0.25, 0.3) is 11.8 Å². The quantitative estimate of drug-likeness (QED) is 0.339. The zero-order valence-corrected chi connectivity index (χ0v) is 22.8. The van der Waals surface area contributed by atoms with Crippen LogP contribution in [-0.4, -0.2) is 49.4 Å². The number of halogens is 1. The van der Waals surface area contributed by atoms with Crippen molar-refractivity contribution in [2.45, 2.75) is 32.2 Å².